The number of hydrogen-bond acceptors (Lipinski definition) is 6. The quantitative estimate of drug-likeness (QED) is 0.404. The minimum Gasteiger partial charge on any atom is -0.467 e. The van der Waals surface area contributed by atoms with Crippen molar-refractivity contribution in [2.45, 2.75) is 17.5 Å². The van der Waals surface area contributed by atoms with Crippen LogP contribution in [0.15, 0.2) is 69.2 Å². The highest BCUT2D eigenvalue weighted by atomic mass is 79.9. The Hall–Kier alpha value is -2.52. The molecular weight excluding hydrogens is 433 g/mol. The van der Waals surface area contributed by atoms with Crippen molar-refractivity contribution < 1.29 is 8.81 Å². The minimum atomic E-state index is -0.261. The van der Waals surface area contributed by atoms with E-state index >= 15 is 0 Å². The van der Waals surface area contributed by atoms with Crippen molar-refractivity contribution in [1.29, 1.82) is 0 Å². The van der Waals surface area contributed by atoms with Gasteiger partial charge in [0.1, 0.15) is 17.3 Å². The second-order valence-electron chi connectivity index (χ2n) is 5.59. The second-order valence-corrected chi connectivity index (χ2v) is 7.44. The molecule has 0 bridgehead atoms. The first-order valence-corrected chi connectivity index (χ1v) is 9.77. The van der Waals surface area contributed by atoms with Crippen LogP contribution in [-0.4, -0.2) is 24.7 Å². The predicted octanol–water partition coefficient (Wildman–Crippen LogP) is 4.57. The Morgan fingerprint density at radius 1 is 1.19 bits per heavy atom. The van der Waals surface area contributed by atoms with Gasteiger partial charge in [0.25, 0.3) is 0 Å². The third-order valence-corrected chi connectivity index (χ3v) is 5.28. The highest BCUT2D eigenvalue weighted by Gasteiger charge is 2.17. The third-order valence-electron chi connectivity index (χ3n) is 3.78. The lowest BCUT2D eigenvalue weighted by molar-refractivity contribution is 0.485. The molecule has 0 saturated carbocycles. The summed E-state index contributed by atoms with van der Waals surface area (Å²) in [6.07, 6.45) is 6.45. The van der Waals surface area contributed by atoms with Gasteiger partial charge >= 0.3 is 0 Å². The first kappa shape index (κ1) is 17.9. The molecule has 27 heavy (non-hydrogen) atoms. The average Bonchev–Trinajstić information content (AvgIpc) is 3.32. The van der Waals surface area contributed by atoms with E-state index in [1.54, 1.807) is 30.9 Å². The SMILES string of the molecule is Fc1cc(Br)ccc1CSc1nnc(-c2cnccn2)n1Cc1ccco1. The lowest BCUT2D eigenvalue weighted by Gasteiger charge is -2.08. The number of nitrogens with zero attached hydrogens (tertiary/aromatic N) is 5. The zero-order valence-corrected chi connectivity index (χ0v) is 16.3. The van der Waals surface area contributed by atoms with Crippen molar-refractivity contribution in [2.24, 2.45) is 0 Å². The zero-order chi connectivity index (χ0) is 18.6. The molecule has 3 heterocycles. The summed E-state index contributed by atoms with van der Waals surface area (Å²) in [5.41, 5.74) is 1.20. The molecule has 0 aliphatic heterocycles. The van der Waals surface area contributed by atoms with Crippen molar-refractivity contribution >= 4 is 27.7 Å². The van der Waals surface area contributed by atoms with Crippen molar-refractivity contribution in [2.75, 3.05) is 0 Å². The van der Waals surface area contributed by atoms with Crippen LogP contribution in [0.5, 0.6) is 0 Å². The van der Waals surface area contributed by atoms with E-state index in [2.05, 4.69) is 36.1 Å². The largest absolute Gasteiger partial charge is 0.467 e. The van der Waals surface area contributed by atoms with E-state index in [1.807, 2.05) is 22.8 Å². The van der Waals surface area contributed by atoms with Gasteiger partial charge in [-0.2, -0.15) is 0 Å². The van der Waals surface area contributed by atoms with Crippen LogP contribution in [0.2, 0.25) is 0 Å². The lowest BCUT2D eigenvalue weighted by atomic mass is 10.2. The van der Waals surface area contributed by atoms with Crippen LogP contribution < -0.4 is 0 Å². The maximum atomic E-state index is 14.1. The zero-order valence-electron chi connectivity index (χ0n) is 13.9. The van der Waals surface area contributed by atoms with E-state index in [1.165, 1.54) is 17.8 Å². The maximum Gasteiger partial charge on any atom is 0.192 e. The molecule has 0 unspecified atom stereocenters. The molecule has 0 atom stereocenters. The van der Waals surface area contributed by atoms with E-state index in [-0.39, 0.29) is 5.82 Å². The van der Waals surface area contributed by atoms with Crippen molar-refractivity contribution in [3.05, 3.63) is 76.8 Å². The first-order chi connectivity index (χ1) is 13.2. The van der Waals surface area contributed by atoms with E-state index in [0.29, 0.717) is 39.0 Å². The fraction of sp³-hybridized carbons (Fsp3) is 0.111. The van der Waals surface area contributed by atoms with E-state index in [4.69, 9.17) is 4.42 Å². The second kappa shape index (κ2) is 8.01. The summed E-state index contributed by atoms with van der Waals surface area (Å²) in [5, 5.41) is 9.18. The maximum absolute atomic E-state index is 14.1. The van der Waals surface area contributed by atoms with Gasteiger partial charge in [-0.05, 0) is 29.8 Å². The van der Waals surface area contributed by atoms with Gasteiger partial charge in [-0.15, -0.1) is 10.2 Å². The van der Waals surface area contributed by atoms with Crippen LogP contribution in [0, 0.1) is 5.82 Å². The third kappa shape index (κ3) is 4.09. The molecule has 0 aliphatic rings. The monoisotopic (exact) mass is 445 g/mol. The summed E-state index contributed by atoms with van der Waals surface area (Å²) in [7, 11) is 0. The van der Waals surface area contributed by atoms with Gasteiger partial charge < -0.3 is 4.42 Å². The number of rotatable bonds is 6. The summed E-state index contributed by atoms with van der Waals surface area (Å²) in [5.74, 6) is 1.51. The smallest absolute Gasteiger partial charge is 0.192 e. The fourth-order valence-electron chi connectivity index (χ4n) is 2.48. The van der Waals surface area contributed by atoms with Crippen molar-refractivity contribution in [3.8, 4) is 11.5 Å². The van der Waals surface area contributed by atoms with Crippen LogP contribution in [-0.2, 0) is 12.3 Å². The van der Waals surface area contributed by atoms with Gasteiger partial charge in [-0.3, -0.25) is 9.55 Å². The van der Waals surface area contributed by atoms with Crippen LogP contribution in [0.4, 0.5) is 4.39 Å². The van der Waals surface area contributed by atoms with E-state index < -0.39 is 0 Å². The molecule has 0 amide bonds. The van der Waals surface area contributed by atoms with Gasteiger partial charge in [0.2, 0.25) is 0 Å². The van der Waals surface area contributed by atoms with Gasteiger partial charge in [0, 0.05) is 22.6 Å². The summed E-state index contributed by atoms with van der Waals surface area (Å²) < 4.78 is 22.2. The molecule has 136 valence electrons. The molecule has 0 N–H and O–H groups in total. The standard InChI is InChI=1S/C18H13BrFN5OS/c19-13-4-3-12(15(20)8-13)11-27-18-24-23-17(16-9-21-5-6-22-16)25(18)10-14-2-1-7-26-14/h1-9H,10-11H2. The van der Waals surface area contributed by atoms with Gasteiger partial charge in [0.15, 0.2) is 11.0 Å². The Kier molecular flexibility index (Phi) is 5.30. The molecule has 0 aliphatic carbocycles. The molecular formula is C18H13BrFN5OS. The Morgan fingerprint density at radius 3 is 2.85 bits per heavy atom. The Bertz CT molecular complexity index is 1040. The van der Waals surface area contributed by atoms with Crippen LogP contribution >= 0.6 is 27.7 Å². The summed E-state index contributed by atoms with van der Waals surface area (Å²) in [4.78, 5) is 8.40. The minimum absolute atomic E-state index is 0.261. The van der Waals surface area contributed by atoms with Crippen molar-refractivity contribution in [1.82, 2.24) is 24.7 Å². The van der Waals surface area contributed by atoms with E-state index in [0.717, 1.165) is 5.76 Å². The molecule has 4 rings (SSSR count). The van der Waals surface area contributed by atoms with Crippen molar-refractivity contribution in [3.63, 3.8) is 0 Å². The molecule has 4 aromatic rings. The first-order valence-electron chi connectivity index (χ1n) is 7.99. The van der Waals surface area contributed by atoms with E-state index in [9.17, 15) is 4.39 Å². The highest BCUT2D eigenvalue weighted by molar-refractivity contribution is 9.10. The Morgan fingerprint density at radius 2 is 2.11 bits per heavy atom. The highest BCUT2D eigenvalue weighted by Crippen LogP contribution is 2.28. The molecule has 3 aromatic heterocycles. The topological polar surface area (TPSA) is 69.6 Å². The van der Waals surface area contributed by atoms with Crippen LogP contribution in [0.1, 0.15) is 11.3 Å². The Labute approximate surface area is 167 Å². The van der Waals surface area contributed by atoms with Gasteiger partial charge in [-0.25, -0.2) is 9.37 Å². The lowest BCUT2D eigenvalue weighted by Crippen LogP contribution is -2.04. The number of furan rings is 1. The van der Waals surface area contributed by atoms with Crippen LogP contribution in [0.25, 0.3) is 11.5 Å². The number of halogens is 2. The summed E-state index contributed by atoms with van der Waals surface area (Å²) >= 11 is 4.67. The number of benzene rings is 1. The molecule has 1 aromatic carbocycles. The summed E-state index contributed by atoms with van der Waals surface area (Å²) in [6, 6.07) is 8.73. The molecule has 0 spiro atoms. The normalized spacial score (nSPS) is 11.0. The number of hydrogen-bond donors (Lipinski definition) is 0. The average molecular weight is 446 g/mol. The van der Waals surface area contributed by atoms with Gasteiger partial charge in [0.05, 0.1) is 19.0 Å². The molecule has 0 saturated heterocycles. The molecule has 0 fully saturated rings. The summed E-state index contributed by atoms with van der Waals surface area (Å²) in [6.45, 7) is 0.442. The fourth-order valence-corrected chi connectivity index (χ4v) is 3.74. The molecule has 0 radical (unpaired) electrons. The Balaban J connectivity index is 1.64. The number of aromatic nitrogens is 5. The number of thioether (sulfide) groups is 1. The molecule has 9 heteroatoms. The van der Waals surface area contributed by atoms with Gasteiger partial charge in [-0.1, -0.05) is 33.8 Å². The predicted molar refractivity (Wildman–Crippen MR) is 103 cm³/mol. The molecule has 6 nitrogen and oxygen atoms in total. The van der Waals surface area contributed by atoms with Crippen LogP contribution in [0.3, 0.4) is 0 Å².